The zero-order valence-corrected chi connectivity index (χ0v) is 10.4. The molecule has 5 nitrogen and oxygen atoms in total. The summed E-state index contributed by atoms with van der Waals surface area (Å²) in [7, 11) is 0. The van der Waals surface area contributed by atoms with E-state index in [1.807, 2.05) is 30.3 Å². The molecule has 0 amide bonds. The molecule has 2 N–H and O–H groups in total. The summed E-state index contributed by atoms with van der Waals surface area (Å²) in [6, 6.07) is 11.5. The molecule has 0 aliphatic rings. The molecular formula is C12H11ClN4O. The fraction of sp³-hybridized carbons (Fsp3) is 0.0833. The average molecular weight is 263 g/mol. The number of hydrogen-bond acceptors (Lipinski definition) is 4. The number of anilines is 1. The Bertz CT molecular complexity index is 577. The van der Waals surface area contributed by atoms with Crippen molar-refractivity contribution in [3.63, 3.8) is 0 Å². The summed E-state index contributed by atoms with van der Waals surface area (Å²) in [5.74, 6) is 0.191. The van der Waals surface area contributed by atoms with Crippen LogP contribution in [-0.4, -0.2) is 21.2 Å². The van der Waals surface area contributed by atoms with Crippen molar-refractivity contribution in [3.05, 3.63) is 36.4 Å². The maximum absolute atomic E-state index is 10.9. The van der Waals surface area contributed by atoms with Crippen LogP contribution < -0.4 is 5.43 Å². The number of nitrogens with one attached hydrogen (secondary N) is 2. The smallest absolute Gasteiger partial charge is 0.192 e. The minimum atomic E-state index is -0.303. The van der Waals surface area contributed by atoms with Gasteiger partial charge in [0.1, 0.15) is 0 Å². The number of nitrogens with zero attached hydrogens (tertiary/aromatic N) is 2. The van der Waals surface area contributed by atoms with E-state index in [1.54, 1.807) is 6.07 Å². The minimum Gasteiger partial charge on any atom is -0.292 e. The topological polar surface area (TPSA) is 70.1 Å². The minimum absolute atomic E-state index is 0.112. The molecule has 0 saturated carbocycles. The number of hydrogen-bond donors (Lipinski definition) is 2. The lowest BCUT2D eigenvalue weighted by molar-refractivity contribution is -0.110. The van der Waals surface area contributed by atoms with E-state index < -0.39 is 0 Å². The van der Waals surface area contributed by atoms with Gasteiger partial charge in [0.05, 0.1) is 5.69 Å². The third-order valence-electron chi connectivity index (χ3n) is 2.22. The fourth-order valence-electron chi connectivity index (χ4n) is 1.33. The van der Waals surface area contributed by atoms with Gasteiger partial charge in [0.25, 0.3) is 0 Å². The fourth-order valence-corrected chi connectivity index (χ4v) is 1.37. The van der Waals surface area contributed by atoms with E-state index in [4.69, 9.17) is 11.6 Å². The summed E-state index contributed by atoms with van der Waals surface area (Å²) in [5, 5.41) is 10.5. The van der Waals surface area contributed by atoms with Gasteiger partial charge in [-0.2, -0.15) is 10.2 Å². The SMILES string of the molecule is CC(=O)/C(Cl)=N/Nc1cc(-c2ccccc2)[nH]n1. The Morgan fingerprint density at radius 1 is 1.39 bits per heavy atom. The van der Waals surface area contributed by atoms with Crippen LogP contribution in [0.25, 0.3) is 11.3 Å². The predicted molar refractivity (Wildman–Crippen MR) is 71.6 cm³/mol. The highest BCUT2D eigenvalue weighted by molar-refractivity contribution is 6.82. The molecule has 1 heterocycles. The Morgan fingerprint density at radius 3 is 2.78 bits per heavy atom. The average Bonchev–Trinajstić information content (AvgIpc) is 2.85. The van der Waals surface area contributed by atoms with Crippen LogP contribution in [0, 0.1) is 0 Å². The number of halogens is 1. The molecule has 0 saturated heterocycles. The van der Waals surface area contributed by atoms with Crippen LogP contribution in [0.1, 0.15) is 6.92 Å². The van der Waals surface area contributed by atoms with Crippen LogP contribution >= 0.6 is 11.6 Å². The molecule has 2 aromatic rings. The second-order valence-corrected chi connectivity index (χ2v) is 3.96. The molecule has 92 valence electrons. The number of benzene rings is 1. The molecule has 0 unspecified atom stereocenters. The second kappa shape index (κ2) is 5.46. The van der Waals surface area contributed by atoms with Gasteiger partial charge >= 0.3 is 0 Å². The second-order valence-electron chi connectivity index (χ2n) is 3.60. The summed E-state index contributed by atoms with van der Waals surface area (Å²) < 4.78 is 0. The van der Waals surface area contributed by atoms with Gasteiger partial charge in [-0.1, -0.05) is 41.9 Å². The quantitative estimate of drug-likeness (QED) is 0.657. The van der Waals surface area contributed by atoms with E-state index >= 15 is 0 Å². The Morgan fingerprint density at radius 2 is 2.11 bits per heavy atom. The lowest BCUT2D eigenvalue weighted by Gasteiger charge is -1.94. The van der Waals surface area contributed by atoms with Gasteiger partial charge in [-0.05, 0) is 5.56 Å². The standard InChI is InChI=1S/C12H11ClN4O/c1-8(18)12(13)17-16-11-7-10(14-15-11)9-5-3-2-4-6-9/h2-7H,1H3,(H2,14,15,16)/b17-12-. The lowest BCUT2D eigenvalue weighted by Crippen LogP contribution is -2.04. The number of carbonyl (C=O) groups excluding carboxylic acids is 1. The van der Waals surface area contributed by atoms with E-state index in [9.17, 15) is 4.79 Å². The number of Topliss-reactive ketones (excluding diaryl/α,β-unsaturated/α-hetero) is 1. The van der Waals surface area contributed by atoms with E-state index in [1.165, 1.54) is 6.92 Å². The molecule has 0 bridgehead atoms. The number of aromatic amines is 1. The van der Waals surface area contributed by atoms with Gasteiger partial charge in [-0.25, -0.2) is 0 Å². The summed E-state index contributed by atoms with van der Waals surface area (Å²) in [4.78, 5) is 10.9. The normalized spacial score (nSPS) is 11.3. The van der Waals surface area contributed by atoms with Crippen molar-refractivity contribution in [2.45, 2.75) is 6.92 Å². The number of carbonyl (C=O) groups is 1. The molecular weight excluding hydrogens is 252 g/mol. The van der Waals surface area contributed by atoms with Crippen molar-refractivity contribution < 1.29 is 4.79 Å². The van der Waals surface area contributed by atoms with Crippen molar-refractivity contribution in [2.24, 2.45) is 5.10 Å². The van der Waals surface area contributed by atoms with Crippen molar-refractivity contribution in [3.8, 4) is 11.3 Å². The summed E-state index contributed by atoms with van der Waals surface area (Å²) in [6.45, 7) is 1.34. The summed E-state index contributed by atoms with van der Waals surface area (Å²) >= 11 is 5.59. The Labute approximate surface area is 109 Å². The summed E-state index contributed by atoms with van der Waals surface area (Å²) in [6.07, 6.45) is 0. The Kier molecular flexibility index (Phi) is 3.74. The summed E-state index contributed by atoms with van der Waals surface area (Å²) in [5.41, 5.74) is 4.48. The van der Waals surface area contributed by atoms with Crippen LogP contribution in [0.4, 0.5) is 5.82 Å². The molecule has 1 aromatic heterocycles. The van der Waals surface area contributed by atoms with Gasteiger partial charge in [-0.15, -0.1) is 0 Å². The highest BCUT2D eigenvalue weighted by Gasteiger charge is 2.04. The predicted octanol–water partition coefficient (Wildman–Crippen LogP) is 2.63. The molecule has 0 fully saturated rings. The molecule has 2 rings (SSSR count). The number of rotatable bonds is 4. The monoisotopic (exact) mass is 262 g/mol. The van der Waals surface area contributed by atoms with Crippen molar-refractivity contribution >= 4 is 28.4 Å². The maximum Gasteiger partial charge on any atom is 0.192 e. The first-order valence-electron chi connectivity index (χ1n) is 5.28. The van der Waals surface area contributed by atoms with Gasteiger partial charge in [-0.3, -0.25) is 15.3 Å². The van der Waals surface area contributed by atoms with E-state index in [2.05, 4.69) is 20.7 Å². The number of aromatic nitrogens is 2. The molecule has 0 atom stereocenters. The highest BCUT2D eigenvalue weighted by atomic mass is 35.5. The highest BCUT2D eigenvalue weighted by Crippen LogP contribution is 2.18. The number of hydrazone groups is 1. The van der Waals surface area contributed by atoms with Gasteiger partial charge in [0.15, 0.2) is 16.8 Å². The molecule has 1 aromatic carbocycles. The largest absolute Gasteiger partial charge is 0.292 e. The van der Waals surface area contributed by atoms with Crippen LogP contribution in [-0.2, 0) is 4.79 Å². The maximum atomic E-state index is 10.9. The van der Waals surface area contributed by atoms with E-state index in [0.29, 0.717) is 5.82 Å². The van der Waals surface area contributed by atoms with Gasteiger partial charge < -0.3 is 0 Å². The van der Waals surface area contributed by atoms with E-state index in [-0.39, 0.29) is 11.0 Å². The van der Waals surface area contributed by atoms with Crippen molar-refractivity contribution in [1.29, 1.82) is 0 Å². The lowest BCUT2D eigenvalue weighted by atomic mass is 10.2. The molecule has 0 aliphatic heterocycles. The van der Waals surface area contributed by atoms with Crippen molar-refractivity contribution in [1.82, 2.24) is 10.2 Å². The first kappa shape index (κ1) is 12.3. The first-order valence-corrected chi connectivity index (χ1v) is 5.65. The zero-order chi connectivity index (χ0) is 13.0. The molecule has 0 spiro atoms. The molecule has 0 aliphatic carbocycles. The Hall–Kier alpha value is -2.14. The Balaban J connectivity index is 2.12. The first-order chi connectivity index (χ1) is 8.66. The van der Waals surface area contributed by atoms with Gasteiger partial charge in [0, 0.05) is 13.0 Å². The van der Waals surface area contributed by atoms with Crippen LogP contribution in [0.5, 0.6) is 0 Å². The third-order valence-corrected chi connectivity index (χ3v) is 2.57. The van der Waals surface area contributed by atoms with E-state index in [0.717, 1.165) is 11.3 Å². The van der Waals surface area contributed by atoms with Crippen LogP contribution in [0.15, 0.2) is 41.5 Å². The van der Waals surface area contributed by atoms with Crippen LogP contribution in [0.2, 0.25) is 0 Å². The number of H-pyrrole nitrogens is 1. The third kappa shape index (κ3) is 2.95. The molecule has 6 heteroatoms. The molecule has 0 radical (unpaired) electrons. The molecule has 18 heavy (non-hydrogen) atoms. The van der Waals surface area contributed by atoms with Crippen LogP contribution in [0.3, 0.4) is 0 Å². The van der Waals surface area contributed by atoms with Gasteiger partial charge in [0.2, 0.25) is 0 Å². The number of ketones is 1. The van der Waals surface area contributed by atoms with Crippen molar-refractivity contribution in [2.75, 3.05) is 5.43 Å². The zero-order valence-electron chi connectivity index (χ0n) is 9.64.